The summed E-state index contributed by atoms with van der Waals surface area (Å²) in [6.45, 7) is 5.92. The Morgan fingerprint density at radius 2 is 2.15 bits per heavy atom. The van der Waals surface area contributed by atoms with Crippen molar-refractivity contribution in [3.63, 3.8) is 0 Å². The number of amides is 1. The molecule has 0 bridgehead atoms. The van der Waals surface area contributed by atoms with Crippen LogP contribution in [0.25, 0.3) is 0 Å². The highest BCUT2D eigenvalue weighted by molar-refractivity contribution is 5.78. The highest BCUT2D eigenvalue weighted by atomic mass is 19.1. The van der Waals surface area contributed by atoms with Crippen LogP contribution in [0.4, 0.5) is 10.1 Å². The fraction of sp³-hybridized carbons (Fsp3) is 0.533. The predicted molar refractivity (Wildman–Crippen MR) is 80.3 cm³/mol. The van der Waals surface area contributed by atoms with E-state index >= 15 is 0 Å². The molecule has 112 valence electrons. The number of hydrogen-bond donors (Lipinski definition) is 2. The summed E-state index contributed by atoms with van der Waals surface area (Å²) in [6, 6.07) is 4.75. The lowest BCUT2D eigenvalue weighted by Gasteiger charge is -2.25. The molecule has 0 saturated carbocycles. The van der Waals surface area contributed by atoms with Crippen LogP contribution in [0.1, 0.15) is 19.4 Å². The summed E-state index contributed by atoms with van der Waals surface area (Å²) in [5.74, 6) is -0.358. The van der Waals surface area contributed by atoms with E-state index in [1.165, 1.54) is 6.07 Å². The van der Waals surface area contributed by atoms with Gasteiger partial charge in [0.15, 0.2) is 0 Å². The molecule has 0 aliphatic rings. The van der Waals surface area contributed by atoms with Gasteiger partial charge in [0.05, 0.1) is 5.92 Å². The van der Waals surface area contributed by atoms with E-state index in [1.54, 1.807) is 19.2 Å². The Hall–Kier alpha value is -1.62. The average Bonchev–Trinajstić information content (AvgIpc) is 2.43. The lowest BCUT2D eigenvalue weighted by atomic mass is 10.1. The van der Waals surface area contributed by atoms with Crippen molar-refractivity contribution in [1.29, 1.82) is 0 Å². The molecule has 0 aliphatic carbocycles. The molecule has 0 heterocycles. The van der Waals surface area contributed by atoms with Crippen LogP contribution < -0.4 is 15.5 Å². The monoisotopic (exact) mass is 281 g/mol. The maximum atomic E-state index is 13.4. The van der Waals surface area contributed by atoms with E-state index in [9.17, 15) is 9.18 Å². The lowest BCUT2D eigenvalue weighted by molar-refractivity contribution is -0.123. The Balaban J connectivity index is 2.85. The van der Waals surface area contributed by atoms with Crippen LogP contribution in [0.2, 0.25) is 0 Å². The summed E-state index contributed by atoms with van der Waals surface area (Å²) in [6.07, 6.45) is 0. The van der Waals surface area contributed by atoms with Crippen molar-refractivity contribution >= 4 is 11.6 Å². The normalized spacial score (nSPS) is 12.1. The summed E-state index contributed by atoms with van der Waals surface area (Å²) in [4.78, 5) is 13.6. The third kappa shape index (κ3) is 4.49. The van der Waals surface area contributed by atoms with E-state index in [0.717, 1.165) is 17.8 Å². The van der Waals surface area contributed by atoms with Gasteiger partial charge in [-0.2, -0.15) is 0 Å². The lowest BCUT2D eigenvalue weighted by Crippen LogP contribution is -2.34. The van der Waals surface area contributed by atoms with Crippen LogP contribution in [0.15, 0.2) is 18.2 Å². The molecule has 1 aromatic carbocycles. The summed E-state index contributed by atoms with van der Waals surface area (Å²) < 4.78 is 13.4. The number of nitrogens with zero attached hydrogens (tertiary/aromatic N) is 1. The fourth-order valence-electron chi connectivity index (χ4n) is 2.17. The molecule has 1 atom stereocenters. The topological polar surface area (TPSA) is 44.4 Å². The standard InChI is InChI=1S/C15H24FN3O/c1-5-18-9-12-8-13(16)6-7-14(12)19(4)10-11(2)15(20)17-3/h6-8,11,18H,5,9-10H2,1-4H3,(H,17,20). The fourth-order valence-corrected chi connectivity index (χ4v) is 2.17. The van der Waals surface area contributed by atoms with E-state index < -0.39 is 0 Å². The second-order valence-corrected chi connectivity index (χ2v) is 4.95. The quantitative estimate of drug-likeness (QED) is 0.800. The molecular formula is C15H24FN3O. The zero-order valence-corrected chi connectivity index (χ0v) is 12.7. The van der Waals surface area contributed by atoms with Crippen molar-refractivity contribution < 1.29 is 9.18 Å². The Labute approximate surface area is 120 Å². The van der Waals surface area contributed by atoms with Crippen LogP contribution in [0.3, 0.4) is 0 Å². The van der Waals surface area contributed by atoms with Crippen molar-refractivity contribution in [2.75, 3.05) is 32.1 Å². The van der Waals surface area contributed by atoms with Gasteiger partial charge in [-0.25, -0.2) is 4.39 Å². The van der Waals surface area contributed by atoms with E-state index in [2.05, 4.69) is 10.6 Å². The second kappa shape index (κ2) is 7.85. The molecule has 4 nitrogen and oxygen atoms in total. The number of halogens is 1. The largest absolute Gasteiger partial charge is 0.374 e. The molecule has 20 heavy (non-hydrogen) atoms. The maximum Gasteiger partial charge on any atom is 0.224 e. The van der Waals surface area contributed by atoms with E-state index in [1.807, 2.05) is 25.8 Å². The summed E-state index contributed by atoms with van der Waals surface area (Å²) >= 11 is 0. The van der Waals surface area contributed by atoms with Gasteiger partial charge in [0, 0.05) is 32.9 Å². The van der Waals surface area contributed by atoms with Crippen LogP contribution in [0, 0.1) is 11.7 Å². The van der Waals surface area contributed by atoms with Crippen LogP contribution in [-0.2, 0) is 11.3 Å². The number of carbonyl (C=O) groups is 1. The number of anilines is 1. The zero-order chi connectivity index (χ0) is 15.1. The minimum absolute atomic E-state index is 0.00666. The molecule has 0 spiro atoms. The van der Waals surface area contributed by atoms with Gasteiger partial charge in [-0.1, -0.05) is 13.8 Å². The first-order valence-electron chi connectivity index (χ1n) is 6.91. The van der Waals surface area contributed by atoms with Crippen molar-refractivity contribution in [3.05, 3.63) is 29.6 Å². The van der Waals surface area contributed by atoms with Gasteiger partial charge < -0.3 is 15.5 Å². The SMILES string of the molecule is CCNCc1cc(F)ccc1N(C)CC(C)C(=O)NC. The molecule has 2 N–H and O–H groups in total. The summed E-state index contributed by atoms with van der Waals surface area (Å²) in [5, 5.41) is 5.84. The van der Waals surface area contributed by atoms with Crippen molar-refractivity contribution in [1.82, 2.24) is 10.6 Å². The number of carbonyl (C=O) groups excluding carboxylic acids is 1. The van der Waals surface area contributed by atoms with E-state index in [0.29, 0.717) is 13.1 Å². The van der Waals surface area contributed by atoms with Gasteiger partial charge in [0.2, 0.25) is 5.91 Å². The molecule has 1 amide bonds. The van der Waals surface area contributed by atoms with E-state index in [-0.39, 0.29) is 17.6 Å². The Morgan fingerprint density at radius 3 is 2.75 bits per heavy atom. The Morgan fingerprint density at radius 1 is 1.45 bits per heavy atom. The highest BCUT2D eigenvalue weighted by Crippen LogP contribution is 2.21. The molecule has 1 rings (SSSR count). The van der Waals surface area contributed by atoms with Gasteiger partial charge >= 0.3 is 0 Å². The maximum absolute atomic E-state index is 13.4. The van der Waals surface area contributed by atoms with Gasteiger partial charge in [0.25, 0.3) is 0 Å². The van der Waals surface area contributed by atoms with Gasteiger partial charge in [0.1, 0.15) is 5.82 Å². The molecular weight excluding hydrogens is 257 g/mol. The van der Waals surface area contributed by atoms with Crippen molar-refractivity contribution in [2.45, 2.75) is 20.4 Å². The summed E-state index contributed by atoms with van der Waals surface area (Å²) in [7, 11) is 3.55. The molecule has 1 aromatic rings. The first-order chi connectivity index (χ1) is 9.49. The van der Waals surface area contributed by atoms with Crippen LogP contribution in [0.5, 0.6) is 0 Å². The second-order valence-electron chi connectivity index (χ2n) is 4.95. The van der Waals surface area contributed by atoms with Gasteiger partial charge in [-0.3, -0.25) is 4.79 Å². The number of rotatable bonds is 7. The van der Waals surface area contributed by atoms with E-state index in [4.69, 9.17) is 0 Å². The molecule has 0 radical (unpaired) electrons. The molecule has 0 fully saturated rings. The number of benzene rings is 1. The Bertz CT molecular complexity index is 451. The van der Waals surface area contributed by atoms with Gasteiger partial charge in [-0.05, 0) is 30.3 Å². The molecule has 0 aliphatic heterocycles. The minimum Gasteiger partial charge on any atom is -0.374 e. The summed E-state index contributed by atoms with van der Waals surface area (Å²) in [5.41, 5.74) is 1.85. The van der Waals surface area contributed by atoms with Crippen LogP contribution >= 0.6 is 0 Å². The third-order valence-corrected chi connectivity index (χ3v) is 3.26. The molecule has 5 heteroatoms. The zero-order valence-electron chi connectivity index (χ0n) is 12.7. The average molecular weight is 281 g/mol. The molecule has 0 saturated heterocycles. The smallest absolute Gasteiger partial charge is 0.224 e. The number of hydrogen-bond acceptors (Lipinski definition) is 3. The minimum atomic E-state index is -0.241. The molecule has 0 aromatic heterocycles. The van der Waals surface area contributed by atoms with Gasteiger partial charge in [-0.15, -0.1) is 0 Å². The Kier molecular flexibility index (Phi) is 6.45. The van der Waals surface area contributed by atoms with Crippen molar-refractivity contribution in [3.8, 4) is 0 Å². The predicted octanol–water partition coefficient (Wildman–Crippen LogP) is 1.75. The first-order valence-corrected chi connectivity index (χ1v) is 6.91. The molecule has 1 unspecified atom stereocenters. The van der Waals surface area contributed by atoms with Crippen LogP contribution in [-0.4, -0.2) is 33.1 Å². The number of nitrogens with one attached hydrogen (secondary N) is 2. The highest BCUT2D eigenvalue weighted by Gasteiger charge is 2.16. The van der Waals surface area contributed by atoms with Crippen molar-refractivity contribution in [2.24, 2.45) is 5.92 Å². The first kappa shape index (κ1) is 16.4. The third-order valence-electron chi connectivity index (χ3n) is 3.26.